The maximum absolute atomic E-state index is 10.1. The van der Waals surface area contributed by atoms with Crippen LogP contribution in [-0.2, 0) is 11.2 Å². The molecule has 0 unspecified atom stereocenters. The predicted molar refractivity (Wildman–Crippen MR) is 29.7 cm³/mol. The van der Waals surface area contributed by atoms with Gasteiger partial charge in [-0.15, -0.1) is 4.63 Å². The van der Waals surface area contributed by atoms with Crippen molar-refractivity contribution in [1.82, 2.24) is 10.3 Å². The standard InChI is InChI=1S/C4H3N3O5/c8-3(9)1-2-4(7(10)11)6-12-5-2/h1H2,(H,8,9)/p-1. The van der Waals surface area contributed by atoms with Gasteiger partial charge < -0.3 is 20.0 Å². The van der Waals surface area contributed by atoms with Crippen molar-refractivity contribution in [2.75, 3.05) is 0 Å². The van der Waals surface area contributed by atoms with Crippen molar-refractivity contribution in [2.45, 2.75) is 6.42 Å². The average molecular weight is 172 g/mol. The highest BCUT2D eigenvalue weighted by atomic mass is 16.6. The van der Waals surface area contributed by atoms with E-state index in [1.807, 2.05) is 0 Å². The summed E-state index contributed by atoms with van der Waals surface area (Å²) in [5, 5.41) is 26.0. The molecule has 0 bridgehead atoms. The molecule has 0 amide bonds. The van der Waals surface area contributed by atoms with E-state index < -0.39 is 23.1 Å². The fourth-order valence-corrected chi connectivity index (χ4v) is 0.589. The van der Waals surface area contributed by atoms with Crippen molar-refractivity contribution in [3.63, 3.8) is 0 Å². The molecule has 0 aliphatic carbocycles. The van der Waals surface area contributed by atoms with E-state index in [1.54, 1.807) is 0 Å². The molecule has 8 nitrogen and oxygen atoms in total. The molecule has 0 radical (unpaired) electrons. The molecule has 0 N–H and O–H groups in total. The molecule has 0 atom stereocenters. The number of hydrogen-bond donors (Lipinski definition) is 0. The van der Waals surface area contributed by atoms with Gasteiger partial charge in [0.05, 0.1) is 0 Å². The topological polar surface area (TPSA) is 122 Å². The van der Waals surface area contributed by atoms with Crippen LogP contribution in [0.2, 0.25) is 0 Å². The summed E-state index contributed by atoms with van der Waals surface area (Å²) in [4.78, 5) is 19.2. The SMILES string of the molecule is O=C([O-])Cc1nonc1[N+](=O)[O-]. The summed E-state index contributed by atoms with van der Waals surface area (Å²) in [5.74, 6) is -2.17. The van der Waals surface area contributed by atoms with Gasteiger partial charge in [-0.05, 0) is 10.1 Å². The van der Waals surface area contributed by atoms with Crippen LogP contribution < -0.4 is 5.11 Å². The number of nitro groups is 1. The van der Waals surface area contributed by atoms with Crippen molar-refractivity contribution in [3.05, 3.63) is 15.8 Å². The molecule has 0 saturated heterocycles. The van der Waals surface area contributed by atoms with Gasteiger partial charge in [-0.25, -0.2) is 0 Å². The number of aromatic nitrogens is 2. The third-order valence-corrected chi connectivity index (χ3v) is 1.02. The Hall–Kier alpha value is -1.99. The van der Waals surface area contributed by atoms with Crippen LogP contribution in [-0.4, -0.2) is 21.2 Å². The first-order valence-electron chi connectivity index (χ1n) is 2.77. The molecule has 0 aliphatic rings. The molecule has 0 spiro atoms. The zero-order valence-electron chi connectivity index (χ0n) is 5.59. The Morgan fingerprint density at radius 2 is 2.25 bits per heavy atom. The van der Waals surface area contributed by atoms with Gasteiger partial charge in [-0.1, -0.05) is 0 Å². The Morgan fingerprint density at radius 3 is 2.75 bits per heavy atom. The van der Waals surface area contributed by atoms with E-state index in [1.165, 1.54) is 0 Å². The molecule has 1 rings (SSSR count). The minimum Gasteiger partial charge on any atom is -0.550 e. The Bertz CT molecular complexity index is 318. The summed E-state index contributed by atoms with van der Waals surface area (Å²) in [6, 6.07) is 0. The summed E-state index contributed by atoms with van der Waals surface area (Å²) in [6.45, 7) is 0. The maximum Gasteiger partial charge on any atom is 0.438 e. The average Bonchev–Trinajstić information content (AvgIpc) is 2.33. The second kappa shape index (κ2) is 2.95. The van der Waals surface area contributed by atoms with Gasteiger partial charge in [0.25, 0.3) is 0 Å². The maximum atomic E-state index is 10.1. The fraction of sp³-hybridized carbons (Fsp3) is 0.250. The van der Waals surface area contributed by atoms with Crippen molar-refractivity contribution >= 4 is 11.8 Å². The normalized spacial score (nSPS) is 9.67. The molecule has 0 aromatic carbocycles. The smallest absolute Gasteiger partial charge is 0.438 e. The third kappa shape index (κ3) is 1.54. The molecule has 0 fully saturated rings. The molecular weight excluding hydrogens is 170 g/mol. The summed E-state index contributed by atoms with van der Waals surface area (Å²) in [5.41, 5.74) is -0.347. The lowest BCUT2D eigenvalue weighted by molar-refractivity contribution is -0.391. The van der Waals surface area contributed by atoms with Crippen LogP contribution in [0, 0.1) is 10.1 Å². The van der Waals surface area contributed by atoms with E-state index in [0.29, 0.717) is 0 Å². The third-order valence-electron chi connectivity index (χ3n) is 1.02. The number of aliphatic carboxylic acids is 1. The van der Waals surface area contributed by atoms with Crippen LogP contribution in [0.4, 0.5) is 5.82 Å². The van der Waals surface area contributed by atoms with E-state index in [9.17, 15) is 20.0 Å². The molecule has 1 aromatic heterocycles. The van der Waals surface area contributed by atoms with Crippen molar-refractivity contribution in [2.24, 2.45) is 0 Å². The number of nitrogens with zero attached hydrogens (tertiary/aromatic N) is 3. The Labute approximate surface area is 64.9 Å². The van der Waals surface area contributed by atoms with Gasteiger partial charge in [-0.3, -0.25) is 0 Å². The van der Waals surface area contributed by atoms with Crippen LogP contribution in [0.5, 0.6) is 0 Å². The van der Waals surface area contributed by atoms with Crippen molar-refractivity contribution < 1.29 is 19.5 Å². The van der Waals surface area contributed by atoms with Crippen LogP contribution in [0.25, 0.3) is 0 Å². The molecule has 0 aliphatic heterocycles. The van der Waals surface area contributed by atoms with Gasteiger partial charge >= 0.3 is 5.82 Å². The lowest BCUT2D eigenvalue weighted by Gasteiger charge is -1.94. The number of rotatable bonds is 3. The number of carbonyl (C=O) groups excluding carboxylic acids is 1. The van der Waals surface area contributed by atoms with Gasteiger partial charge in [0, 0.05) is 12.4 Å². The second-order valence-electron chi connectivity index (χ2n) is 1.84. The number of carbonyl (C=O) groups is 1. The van der Waals surface area contributed by atoms with E-state index in [-0.39, 0.29) is 5.69 Å². The zero-order chi connectivity index (χ0) is 9.14. The summed E-state index contributed by atoms with van der Waals surface area (Å²) in [6.07, 6.45) is -0.681. The Kier molecular flexibility index (Phi) is 1.99. The molecule has 8 heteroatoms. The highest BCUT2D eigenvalue weighted by Gasteiger charge is 2.21. The first kappa shape index (κ1) is 8.11. The largest absolute Gasteiger partial charge is 0.550 e. The highest BCUT2D eigenvalue weighted by molar-refractivity contribution is 5.68. The van der Waals surface area contributed by atoms with Crippen molar-refractivity contribution in [1.29, 1.82) is 0 Å². The van der Waals surface area contributed by atoms with Gasteiger partial charge in [0.2, 0.25) is 0 Å². The molecule has 64 valence electrons. The number of carboxylic acid groups (broad SMARTS) is 1. The molecule has 0 saturated carbocycles. The molecule has 12 heavy (non-hydrogen) atoms. The summed E-state index contributed by atoms with van der Waals surface area (Å²) >= 11 is 0. The van der Waals surface area contributed by atoms with Gasteiger partial charge in [0.1, 0.15) is 0 Å². The highest BCUT2D eigenvalue weighted by Crippen LogP contribution is 2.11. The lowest BCUT2D eigenvalue weighted by Crippen LogP contribution is -2.24. The summed E-state index contributed by atoms with van der Waals surface area (Å²) in [7, 11) is 0. The Balaban J connectivity index is 2.91. The number of carboxylic acids is 1. The molecular formula is C4H2N3O5-. The van der Waals surface area contributed by atoms with Gasteiger partial charge in [0.15, 0.2) is 10.9 Å². The van der Waals surface area contributed by atoms with Gasteiger partial charge in [-0.2, -0.15) is 0 Å². The van der Waals surface area contributed by atoms with E-state index in [4.69, 9.17) is 0 Å². The van der Waals surface area contributed by atoms with Crippen molar-refractivity contribution in [3.8, 4) is 0 Å². The zero-order valence-corrected chi connectivity index (χ0v) is 5.59. The minimum absolute atomic E-state index is 0.347. The predicted octanol–water partition coefficient (Wildman–Crippen LogP) is -1.73. The van der Waals surface area contributed by atoms with E-state index in [2.05, 4.69) is 14.9 Å². The quantitative estimate of drug-likeness (QED) is 0.392. The first-order chi connectivity index (χ1) is 5.61. The van der Waals surface area contributed by atoms with E-state index >= 15 is 0 Å². The van der Waals surface area contributed by atoms with Crippen LogP contribution in [0.1, 0.15) is 5.69 Å². The monoisotopic (exact) mass is 172 g/mol. The van der Waals surface area contributed by atoms with Crippen LogP contribution >= 0.6 is 0 Å². The second-order valence-corrected chi connectivity index (χ2v) is 1.84. The fourth-order valence-electron chi connectivity index (χ4n) is 0.589. The van der Waals surface area contributed by atoms with Crippen LogP contribution in [0.3, 0.4) is 0 Å². The molecule has 1 aromatic rings. The first-order valence-corrected chi connectivity index (χ1v) is 2.77. The lowest BCUT2D eigenvalue weighted by atomic mass is 10.3. The minimum atomic E-state index is -1.48. The van der Waals surface area contributed by atoms with Crippen LogP contribution in [0.15, 0.2) is 4.63 Å². The molecule has 1 heterocycles. The Morgan fingerprint density at radius 1 is 1.58 bits per heavy atom. The summed E-state index contributed by atoms with van der Waals surface area (Å²) < 4.78 is 3.98. The van der Waals surface area contributed by atoms with E-state index in [0.717, 1.165) is 0 Å². The number of hydrogen-bond acceptors (Lipinski definition) is 7.